The van der Waals surface area contributed by atoms with E-state index in [4.69, 9.17) is 5.11 Å². The lowest BCUT2D eigenvalue weighted by atomic mass is 10.1. The average Bonchev–Trinajstić information content (AvgIpc) is 2.10. The first kappa shape index (κ1) is 13.2. The molecule has 1 N–H and O–H groups in total. The second-order valence-corrected chi connectivity index (χ2v) is 3.84. The fraction of sp³-hybridized carbons (Fsp3) is 0.364. The van der Waals surface area contributed by atoms with Crippen LogP contribution in [0, 0.1) is 0 Å². The average molecular weight is 259 g/mol. The Morgan fingerprint density at radius 2 is 1.93 bits per heavy atom. The minimum absolute atomic E-state index is 0.0284. The molecule has 0 radical (unpaired) electrons. The number of benzene rings is 1. The van der Waals surface area contributed by atoms with E-state index in [0.717, 1.165) is 4.47 Å². The van der Waals surface area contributed by atoms with E-state index in [2.05, 4.69) is 29.8 Å². The smallest absolute Gasteiger partial charge is 0.163 e. The summed E-state index contributed by atoms with van der Waals surface area (Å²) in [4.78, 5) is 10.8. The van der Waals surface area contributed by atoms with Gasteiger partial charge < -0.3 is 5.11 Å². The van der Waals surface area contributed by atoms with Crippen molar-refractivity contribution in [3.05, 3.63) is 28.2 Å². The maximum atomic E-state index is 10.8. The highest BCUT2D eigenvalue weighted by Crippen LogP contribution is 2.21. The number of halogens is 1. The summed E-state index contributed by atoms with van der Waals surface area (Å²) in [7, 11) is 0. The van der Waals surface area contributed by atoms with Crippen molar-refractivity contribution in [2.24, 2.45) is 0 Å². The molecule has 0 atom stereocenters. The van der Waals surface area contributed by atoms with E-state index in [-0.39, 0.29) is 11.5 Å². The molecule has 0 aliphatic heterocycles. The molecule has 0 aliphatic carbocycles. The number of rotatable bonds is 1. The molecule has 78 valence electrons. The first-order chi connectivity index (χ1) is 6.52. The Morgan fingerprint density at radius 3 is 2.29 bits per heavy atom. The van der Waals surface area contributed by atoms with Crippen molar-refractivity contribution >= 4 is 21.7 Å². The molecule has 0 unspecified atom stereocenters. The van der Waals surface area contributed by atoms with E-state index in [1.165, 1.54) is 19.4 Å². The van der Waals surface area contributed by atoms with Crippen molar-refractivity contribution in [1.82, 2.24) is 0 Å². The number of phenolic OH excluding ortho intramolecular Hbond substituents is 1. The van der Waals surface area contributed by atoms with E-state index < -0.39 is 0 Å². The molecular weight excluding hydrogens is 244 g/mol. The van der Waals surface area contributed by atoms with Gasteiger partial charge in [0.2, 0.25) is 0 Å². The first-order valence-corrected chi connectivity index (χ1v) is 5.31. The van der Waals surface area contributed by atoms with Gasteiger partial charge in [-0.1, -0.05) is 36.2 Å². The van der Waals surface area contributed by atoms with Crippen molar-refractivity contribution in [2.45, 2.75) is 27.2 Å². The van der Waals surface area contributed by atoms with Gasteiger partial charge in [-0.25, -0.2) is 0 Å². The number of hydrogen-bond donors (Lipinski definition) is 1. The lowest BCUT2D eigenvalue weighted by molar-refractivity contribution is 0.101. The van der Waals surface area contributed by atoms with Crippen LogP contribution in [0.5, 0.6) is 5.75 Å². The minimum atomic E-state index is -0.135. The molecule has 0 aromatic heterocycles. The zero-order valence-corrected chi connectivity index (χ0v) is 10.3. The molecule has 0 saturated carbocycles. The van der Waals surface area contributed by atoms with Crippen LogP contribution in [-0.4, -0.2) is 10.9 Å². The Hall–Kier alpha value is -0.830. The molecule has 1 aromatic carbocycles. The lowest BCUT2D eigenvalue weighted by Crippen LogP contribution is -1.91. The number of carbonyl (C=O) groups excluding carboxylic acids is 1. The van der Waals surface area contributed by atoms with E-state index in [1.54, 1.807) is 12.1 Å². The van der Waals surface area contributed by atoms with Gasteiger partial charge in [-0.15, -0.1) is 0 Å². The summed E-state index contributed by atoms with van der Waals surface area (Å²) in [6.07, 6.45) is 1.25. The van der Waals surface area contributed by atoms with Gasteiger partial charge in [0.25, 0.3) is 0 Å². The maximum absolute atomic E-state index is 10.8. The van der Waals surface area contributed by atoms with Crippen LogP contribution >= 0.6 is 15.9 Å². The van der Waals surface area contributed by atoms with Gasteiger partial charge in [0.1, 0.15) is 5.75 Å². The molecule has 0 heterocycles. The summed E-state index contributed by atoms with van der Waals surface area (Å²) < 4.78 is 0.792. The summed E-state index contributed by atoms with van der Waals surface area (Å²) in [6.45, 7) is 5.67. The van der Waals surface area contributed by atoms with Gasteiger partial charge in [-0.3, -0.25) is 4.79 Å². The Bertz CT molecular complexity index is 308. The SMILES string of the molecule is CC(=O)c1cc(Br)ccc1O.CCC. The first-order valence-electron chi connectivity index (χ1n) is 4.52. The molecule has 0 spiro atoms. The highest BCUT2D eigenvalue weighted by atomic mass is 79.9. The van der Waals surface area contributed by atoms with Crippen LogP contribution in [0.4, 0.5) is 0 Å². The van der Waals surface area contributed by atoms with Crippen LogP contribution in [0.3, 0.4) is 0 Å². The van der Waals surface area contributed by atoms with Gasteiger partial charge in [0.05, 0.1) is 5.56 Å². The Balaban J connectivity index is 0.000000500. The van der Waals surface area contributed by atoms with Crippen LogP contribution in [0.1, 0.15) is 37.6 Å². The summed E-state index contributed by atoms with van der Waals surface area (Å²) in [6, 6.07) is 4.76. The summed E-state index contributed by atoms with van der Waals surface area (Å²) >= 11 is 3.20. The van der Waals surface area contributed by atoms with E-state index in [1.807, 2.05) is 0 Å². The van der Waals surface area contributed by atoms with Crippen molar-refractivity contribution in [2.75, 3.05) is 0 Å². The van der Waals surface area contributed by atoms with Crippen LogP contribution in [-0.2, 0) is 0 Å². The van der Waals surface area contributed by atoms with E-state index in [0.29, 0.717) is 5.56 Å². The van der Waals surface area contributed by atoms with Gasteiger partial charge in [-0.2, -0.15) is 0 Å². The van der Waals surface area contributed by atoms with Gasteiger partial charge in [0, 0.05) is 4.47 Å². The highest BCUT2D eigenvalue weighted by molar-refractivity contribution is 9.10. The lowest BCUT2D eigenvalue weighted by Gasteiger charge is -1.99. The Morgan fingerprint density at radius 1 is 1.43 bits per heavy atom. The molecule has 0 bridgehead atoms. The van der Waals surface area contributed by atoms with Crippen molar-refractivity contribution in [1.29, 1.82) is 0 Å². The van der Waals surface area contributed by atoms with Crippen LogP contribution < -0.4 is 0 Å². The number of hydrogen-bond acceptors (Lipinski definition) is 2. The molecule has 2 nitrogen and oxygen atoms in total. The zero-order chi connectivity index (χ0) is 11.1. The molecule has 0 saturated heterocycles. The Kier molecular flexibility index (Phi) is 6.21. The van der Waals surface area contributed by atoms with E-state index in [9.17, 15) is 4.79 Å². The predicted molar refractivity (Wildman–Crippen MR) is 61.8 cm³/mol. The highest BCUT2D eigenvalue weighted by Gasteiger charge is 2.05. The molecular formula is C11H15BrO2. The van der Waals surface area contributed by atoms with Gasteiger partial charge >= 0.3 is 0 Å². The van der Waals surface area contributed by atoms with Crippen LogP contribution in [0.2, 0.25) is 0 Å². The van der Waals surface area contributed by atoms with Crippen LogP contribution in [0.15, 0.2) is 22.7 Å². The monoisotopic (exact) mass is 258 g/mol. The standard InChI is InChI=1S/C8H7BrO2.C3H8/c1-5(10)7-4-6(9)2-3-8(7)11;1-3-2/h2-4,11H,1H3;3H2,1-2H3. The second kappa shape index (κ2) is 6.60. The maximum Gasteiger partial charge on any atom is 0.163 e. The van der Waals surface area contributed by atoms with Crippen molar-refractivity contribution in [3.63, 3.8) is 0 Å². The van der Waals surface area contributed by atoms with E-state index >= 15 is 0 Å². The molecule has 0 amide bonds. The predicted octanol–water partition coefficient (Wildman–Crippen LogP) is 3.77. The third-order valence-corrected chi connectivity index (χ3v) is 1.83. The summed E-state index contributed by atoms with van der Waals surface area (Å²) in [5, 5.41) is 9.16. The van der Waals surface area contributed by atoms with Gasteiger partial charge in [-0.05, 0) is 25.1 Å². The molecule has 1 rings (SSSR count). The minimum Gasteiger partial charge on any atom is -0.507 e. The van der Waals surface area contributed by atoms with Crippen molar-refractivity contribution in [3.8, 4) is 5.75 Å². The summed E-state index contributed by atoms with van der Waals surface area (Å²) in [5.74, 6) is -0.107. The topological polar surface area (TPSA) is 37.3 Å². The van der Waals surface area contributed by atoms with Crippen LogP contribution in [0.25, 0.3) is 0 Å². The molecule has 1 aromatic rings. The molecule has 0 fully saturated rings. The summed E-state index contributed by atoms with van der Waals surface area (Å²) in [5.41, 5.74) is 0.347. The number of ketones is 1. The third-order valence-electron chi connectivity index (χ3n) is 1.34. The van der Waals surface area contributed by atoms with Crippen molar-refractivity contribution < 1.29 is 9.90 Å². The quantitative estimate of drug-likeness (QED) is 0.779. The molecule has 3 heteroatoms. The zero-order valence-electron chi connectivity index (χ0n) is 8.67. The third kappa shape index (κ3) is 4.42. The fourth-order valence-corrected chi connectivity index (χ4v) is 1.15. The Labute approximate surface area is 93.1 Å². The normalized spacial score (nSPS) is 8.86. The second-order valence-electron chi connectivity index (χ2n) is 2.92. The van der Waals surface area contributed by atoms with Gasteiger partial charge in [0.15, 0.2) is 5.78 Å². The molecule has 0 aliphatic rings. The number of Topliss-reactive ketones (excluding diaryl/α,β-unsaturated/α-hetero) is 1. The number of carbonyl (C=O) groups is 1. The number of phenols is 1. The number of aromatic hydroxyl groups is 1. The largest absolute Gasteiger partial charge is 0.507 e. The molecule has 14 heavy (non-hydrogen) atoms. The fourth-order valence-electron chi connectivity index (χ4n) is 0.790.